The zero-order valence-electron chi connectivity index (χ0n) is 8.05. The zero-order valence-corrected chi connectivity index (χ0v) is 8.05. The first-order valence-electron chi connectivity index (χ1n) is 3.96. The van der Waals surface area contributed by atoms with Crippen LogP contribution < -0.4 is 0 Å². The fourth-order valence-electron chi connectivity index (χ4n) is 0.854. The largest absolute Gasteiger partial charge is 0.460 e. The van der Waals surface area contributed by atoms with Crippen LogP contribution in [0.5, 0.6) is 0 Å². The third kappa shape index (κ3) is 3.38. The summed E-state index contributed by atoms with van der Waals surface area (Å²) in [5.41, 5.74) is -0.540. The highest BCUT2D eigenvalue weighted by Gasteiger charge is 2.28. The van der Waals surface area contributed by atoms with Crippen molar-refractivity contribution in [2.45, 2.75) is 39.7 Å². The molecule has 0 aromatic heterocycles. The summed E-state index contributed by atoms with van der Waals surface area (Å²) >= 11 is 0. The summed E-state index contributed by atoms with van der Waals surface area (Å²) in [6, 6.07) is 2.06. The van der Waals surface area contributed by atoms with Gasteiger partial charge in [0.2, 0.25) is 0 Å². The summed E-state index contributed by atoms with van der Waals surface area (Å²) in [5, 5.41) is 8.44. The Morgan fingerprint density at radius 1 is 1.67 bits per heavy atom. The predicted octanol–water partition coefficient (Wildman–Crippen LogP) is 1.88. The van der Waals surface area contributed by atoms with Crippen LogP contribution in [0.4, 0.5) is 0 Å². The van der Waals surface area contributed by atoms with E-state index in [1.807, 2.05) is 20.8 Å². The van der Waals surface area contributed by atoms with Gasteiger partial charge in [-0.1, -0.05) is 6.92 Å². The van der Waals surface area contributed by atoms with Crippen molar-refractivity contribution in [3.63, 3.8) is 0 Å². The second-order valence-corrected chi connectivity index (χ2v) is 3.46. The summed E-state index contributed by atoms with van der Waals surface area (Å²) in [4.78, 5) is 10.7. The molecule has 3 nitrogen and oxygen atoms in total. The van der Waals surface area contributed by atoms with Crippen molar-refractivity contribution in [3.8, 4) is 6.07 Å². The summed E-state index contributed by atoms with van der Waals surface area (Å²) in [7, 11) is 0. The molecule has 0 rings (SSSR count). The van der Waals surface area contributed by atoms with Gasteiger partial charge in [-0.05, 0) is 13.8 Å². The molecule has 0 aliphatic rings. The van der Waals surface area contributed by atoms with Crippen LogP contribution in [0.15, 0.2) is 0 Å². The number of esters is 1. The van der Waals surface area contributed by atoms with E-state index in [0.29, 0.717) is 6.42 Å². The first-order valence-corrected chi connectivity index (χ1v) is 3.96. The Hall–Kier alpha value is -1.04. The van der Waals surface area contributed by atoms with Gasteiger partial charge in [0.25, 0.3) is 0 Å². The first-order chi connectivity index (χ1) is 5.40. The number of carbonyl (C=O) groups is 1. The Morgan fingerprint density at radius 3 is 2.50 bits per heavy atom. The molecular formula is C9H15NO2. The highest BCUT2D eigenvalue weighted by atomic mass is 16.6. The smallest absolute Gasteiger partial charge is 0.303 e. The Kier molecular flexibility index (Phi) is 3.75. The molecule has 0 N–H and O–H groups in total. The topological polar surface area (TPSA) is 50.1 Å². The van der Waals surface area contributed by atoms with Gasteiger partial charge in [-0.2, -0.15) is 5.26 Å². The van der Waals surface area contributed by atoms with Gasteiger partial charge in [0.15, 0.2) is 0 Å². The molecule has 0 aromatic rings. The van der Waals surface area contributed by atoms with Gasteiger partial charge >= 0.3 is 5.97 Å². The maximum absolute atomic E-state index is 10.7. The molecule has 1 unspecified atom stereocenters. The van der Waals surface area contributed by atoms with E-state index in [4.69, 9.17) is 10.00 Å². The lowest BCUT2D eigenvalue weighted by Gasteiger charge is -2.29. The quantitative estimate of drug-likeness (QED) is 0.606. The monoisotopic (exact) mass is 169 g/mol. The van der Waals surface area contributed by atoms with Crippen molar-refractivity contribution < 1.29 is 9.53 Å². The number of nitrogens with zero attached hydrogens (tertiary/aromatic N) is 1. The number of hydrogen-bond donors (Lipinski definition) is 0. The minimum atomic E-state index is -0.540. The van der Waals surface area contributed by atoms with Gasteiger partial charge in [-0.3, -0.25) is 4.79 Å². The number of nitriles is 1. The first kappa shape index (κ1) is 11.0. The van der Waals surface area contributed by atoms with E-state index in [9.17, 15) is 4.79 Å². The maximum atomic E-state index is 10.7. The predicted molar refractivity (Wildman–Crippen MR) is 45.2 cm³/mol. The van der Waals surface area contributed by atoms with E-state index < -0.39 is 5.60 Å². The van der Waals surface area contributed by atoms with Crippen molar-refractivity contribution in [1.29, 1.82) is 5.26 Å². The van der Waals surface area contributed by atoms with Crippen molar-refractivity contribution >= 4 is 5.97 Å². The molecule has 3 heteroatoms. The molecule has 0 heterocycles. The minimum Gasteiger partial charge on any atom is -0.460 e. The number of hydrogen-bond acceptors (Lipinski definition) is 3. The van der Waals surface area contributed by atoms with Crippen molar-refractivity contribution in [1.82, 2.24) is 0 Å². The standard InChI is InChI=1S/C9H15NO2/c1-7(5-6-10)9(3,4)12-8(2)11/h7H,5H2,1-4H3. The molecule has 0 aliphatic carbocycles. The Morgan fingerprint density at radius 2 is 2.17 bits per heavy atom. The third-order valence-electron chi connectivity index (χ3n) is 1.99. The van der Waals surface area contributed by atoms with Crippen molar-refractivity contribution in [3.05, 3.63) is 0 Å². The molecule has 0 fully saturated rings. The summed E-state index contributed by atoms with van der Waals surface area (Å²) in [5.74, 6) is -0.240. The van der Waals surface area contributed by atoms with Crippen molar-refractivity contribution in [2.24, 2.45) is 5.92 Å². The molecule has 0 aromatic carbocycles. The van der Waals surface area contributed by atoms with Gasteiger partial charge in [-0.25, -0.2) is 0 Å². The second-order valence-electron chi connectivity index (χ2n) is 3.46. The normalized spacial score (nSPS) is 13.2. The Labute approximate surface area is 73.3 Å². The summed E-state index contributed by atoms with van der Waals surface area (Å²) in [6.07, 6.45) is 0.403. The zero-order chi connectivity index (χ0) is 9.78. The fourth-order valence-corrected chi connectivity index (χ4v) is 0.854. The van der Waals surface area contributed by atoms with Gasteiger partial charge in [0, 0.05) is 19.3 Å². The molecule has 1 atom stereocenters. The molecule has 12 heavy (non-hydrogen) atoms. The molecule has 0 spiro atoms. The second kappa shape index (κ2) is 4.10. The van der Waals surface area contributed by atoms with Crippen LogP contribution in [0.2, 0.25) is 0 Å². The minimum absolute atomic E-state index is 0.0615. The van der Waals surface area contributed by atoms with E-state index in [-0.39, 0.29) is 11.9 Å². The maximum Gasteiger partial charge on any atom is 0.303 e. The molecule has 0 saturated heterocycles. The van der Waals surface area contributed by atoms with Crippen molar-refractivity contribution in [2.75, 3.05) is 0 Å². The van der Waals surface area contributed by atoms with Gasteiger partial charge in [-0.15, -0.1) is 0 Å². The van der Waals surface area contributed by atoms with Crippen LogP contribution in [0, 0.1) is 17.2 Å². The molecular weight excluding hydrogens is 154 g/mol. The third-order valence-corrected chi connectivity index (χ3v) is 1.99. The van der Waals surface area contributed by atoms with E-state index in [2.05, 4.69) is 6.07 Å². The molecule has 0 radical (unpaired) electrons. The summed E-state index contributed by atoms with van der Waals surface area (Å²) in [6.45, 7) is 6.90. The van der Waals surface area contributed by atoms with Crippen LogP contribution in [-0.4, -0.2) is 11.6 Å². The van der Waals surface area contributed by atoms with Gasteiger partial charge in [0.1, 0.15) is 5.60 Å². The lowest BCUT2D eigenvalue weighted by Crippen LogP contribution is -2.34. The Bertz CT molecular complexity index is 203. The van der Waals surface area contributed by atoms with Crippen LogP contribution in [0.1, 0.15) is 34.1 Å². The molecule has 68 valence electrons. The molecule has 0 aliphatic heterocycles. The number of rotatable bonds is 3. The lowest BCUT2D eigenvalue weighted by atomic mass is 9.90. The molecule has 0 bridgehead atoms. The van der Waals surface area contributed by atoms with Crippen LogP contribution in [0.3, 0.4) is 0 Å². The van der Waals surface area contributed by atoms with E-state index in [1.54, 1.807) is 0 Å². The molecule has 0 saturated carbocycles. The number of carbonyl (C=O) groups excluding carboxylic acids is 1. The SMILES string of the molecule is CC(=O)OC(C)(C)C(C)CC#N. The van der Waals surface area contributed by atoms with E-state index in [0.717, 1.165) is 0 Å². The van der Waals surface area contributed by atoms with E-state index in [1.165, 1.54) is 6.92 Å². The summed E-state index contributed by atoms with van der Waals surface area (Å²) < 4.78 is 5.06. The average molecular weight is 169 g/mol. The Balaban J connectivity index is 4.19. The number of ether oxygens (including phenoxy) is 1. The van der Waals surface area contributed by atoms with E-state index >= 15 is 0 Å². The highest BCUT2D eigenvalue weighted by Crippen LogP contribution is 2.23. The lowest BCUT2D eigenvalue weighted by molar-refractivity contribution is -0.158. The molecule has 0 amide bonds. The average Bonchev–Trinajstić information content (AvgIpc) is 1.85. The van der Waals surface area contributed by atoms with Gasteiger partial charge in [0.05, 0.1) is 6.07 Å². The van der Waals surface area contributed by atoms with Gasteiger partial charge < -0.3 is 4.74 Å². The fraction of sp³-hybridized carbons (Fsp3) is 0.778. The van der Waals surface area contributed by atoms with Crippen LogP contribution in [-0.2, 0) is 9.53 Å². The van der Waals surface area contributed by atoms with Crippen LogP contribution >= 0.6 is 0 Å². The highest BCUT2D eigenvalue weighted by molar-refractivity contribution is 5.66. The van der Waals surface area contributed by atoms with Crippen LogP contribution in [0.25, 0.3) is 0 Å².